The summed E-state index contributed by atoms with van der Waals surface area (Å²) in [5, 5.41) is 3.02. The molecular weight excluding hydrogens is 268 g/mol. The second kappa shape index (κ2) is 5.35. The Labute approximate surface area is 123 Å². The maximum atomic E-state index is 12.6. The Morgan fingerprint density at radius 2 is 2.29 bits per heavy atom. The summed E-state index contributed by atoms with van der Waals surface area (Å²) in [4.78, 5) is 30.0. The maximum absolute atomic E-state index is 12.6. The van der Waals surface area contributed by atoms with Gasteiger partial charge in [0.15, 0.2) is 0 Å². The highest BCUT2D eigenvalue weighted by Gasteiger charge is 2.35. The number of amides is 2. The van der Waals surface area contributed by atoms with Crippen molar-refractivity contribution in [2.24, 2.45) is 5.92 Å². The Morgan fingerprint density at radius 3 is 3.05 bits per heavy atom. The minimum Gasteiger partial charge on any atom is -0.398 e. The molecule has 3 N–H and O–H groups in total. The number of aromatic nitrogens is 1. The summed E-state index contributed by atoms with van der Waals surface area (Å²) in [5.41, 5.74) is 7.69. The summed E-state index contributed by atoms with van der Waals surface area (Å²) in [6.07, 6.45) is 3.77. The predicted octanol–water partition coefficient (Wildman–Crippen LogP) is 0.713. The van der Waals surface area contributed by atoms with Gasteiger partial charge in [0, 0.05) is 43.1 Å². The van der Waals surface area contributed by atoms with Crippen LogP contribution in [0, 0.1) is 12.8 Å². The molecule has 0 saturated carbocycles. The quantitative estimate of drug-likeness (QED) is 0.796. The van der Waals surface area contributed by atoms with Gasteiger partial charge in [-0.1, -0.05) is 0 Å². The third-order valence-corrected chi connectivity index (χ3v) is 4.41. The number of nitrogens with zero attached hydrogens (tertiary/aromatic N) is 2. The smallest absolute Gasteiger partial charge is 0.257 e. The Bertz CT molecular complexity index is 587. The molecule has 112 valence electrons. The summed E-state index contributed by atoms with van der Waals surface area (Å²) >= 11 is 0. The third-order valence-electron chi connectivity index (χ3n) is 4.41. The number of carbonyl (C=O) groups excluding carboxylic acids is 2. The van der Waals surface area contributed by atoms with E-state index in [-0.39, 0.29) is 17.9 Å². The van der Waals surface area contributed by atoms with Gasteiger partial charge in [0.05, 0.1) is 5.56 Å². The van der Waals surface area contributed by atoms with Crippen LogP contribution in [0.4, 0.5) is 5.69 Å². The Kier molecular flexibility index (Phi) is 3.53. The molecule has 2 atom stereocenters. The van der Waals surface area contributed by atoms with Crippen LogP contribution in [-0.2, 0) is 4.79 Å². The molecule has 2 unspecified atom stereocenters. The molecule has 1 aromatic heterocycles. The molecule has 0 aromatic carbocycles. The molecule has 6 heteroatoms. The molecule has 2 fully saturated rings. The molecule has 0 radical (unpaired) electrons. The summed E-state index contributed by atoms with van der Waals surface area (Å²) in [6.45, 7) is 3.17. The van der Waals surface area contributed by atoms with Gasteiger partial charge in [0.2, 0.25) is 5.91 Å². The first kappa shape index (κ1) is 13.9. The molecule has 2 saturated heterocycles. The van der Waals surface area contributed by atoms with Crippen LogP contribution < -0.4 is 11.1 Å². The van der Waals surface area contributed by atoms with Crippen LogP contribution in [0.5, 0.6) is 0 Å². The van der Waals surface area contributed by atoms with E-state index in [0.717, 1.165) is 18.5 Å². The number of hydrogen-bond donors (Lipinski definition) is 2. The van der Waals surface area contributed by atoms with Crippen molar-refractivity contribution < 1.29 is 9.59 Å². The van der Waals surface area contributed by atoms with Crippen molar-refractivity contribution in [1.29, 1.82) is 0 Å². The van der Waals surface area contributed by atoms with E-state index in [1.165, 1.54) is 0 Å². The first-order valence-electron chi connectivity index (χ1n) is 7.35. The fourth-order valence-corrected chi connectivity index (χ4v) is 3.22. The van der Waals surface area contributed by atoms with Crippen molar-refractivity contribution in [1.82, 2.24) is 15.2 Å². The average molecular weight is 288 g/mol. The van der Waals surface area contributed by atoms with Crippen LogP contribution in [-0.4, -0.2) is 40.8 Å². The number of nitrogens with two attached hydrogens (primary N) is 1. The highest BCUT2D eigenvalue weighted by molar-refractivity contribution is 5.99. The topological polar surface area (TPSA) is 88.3 Å². The lowest BCUT2D eigenvalue weighted by Crippen LogP contribution is -2.55. The van der Waals surface area contributed by atoms with Crippen LogP contribution in [0.2, 0.25) is 0 Å². The van der Waals surface area contributed by atoms with Gasteiger partial charge in [-0.3, -0.25) is 14.6 Å². The molecule has 0 spiro atoms. The first-order chi connectivity index (χ1) is 10.0. The number of piperidine rings is 2. The number of nitrogen functional groups attached to an aromatic ring is 1. The molecule has 2 aliphatic rings. The van der Waals surface area contributed by atoms with Gasteiger partial charge in [-0.15, -0.1) is 0 Å². The van der Waals surface area contributed by atoms with Crippen molar-refractivity contribution in [3.05, 3.63) is 23.5 Å². The van der Waals surface area contributed by atoms with Gasteiger partial charge in [0.25, 0.3) is 5.91 Å². The zero-order valence-corrected chi connectivity index (χ0v) is 12.1. The SMILES string of the molecule is Cc1cc(N)c(C(=O)N2CCC3NC(=O)CCC3C2)cn1. The molecule has 2 amide bonds. The van der Waals surface area contributed by atoms with E-state index >= 15 is 0 Å². The number of nitrogens with one attached hydrogen (secondary N) is 1. The van der Waals surface area contributed by atoms with Crippen molar-refractivity contribution >= 4 is 17.5 Å². The standard InChI is InChI=1S/C15H20N4O2/c1-9-6-12(16)11(7-17-9)15(21)19-5-4-13-10(8-19)2-3-14(20)18-13/h6-7,10,13H,2-5,8H2,1H3,(H2,16,17)(H,18,20). The van der Waals surface area contributed by atoms with Gasteiger partial charge >= 0.3 is 0 Å². The number of rotatable bonds is 1. The van der Waals surface area contributed by atoms with Crippen LogP contribution in [0.3, 0.4) is 0 Å². The van der Waals surface area contributed by atoms with E-state index in [4.69, 9.17) is 5.73 Å². The number of likely N-dealkylation sites (tertiary alicyclic amines) is 1. The second-order valence-electron chi connectivity index (χ2n) is 5.93. The third kappa shape index (κ3) is 2.70. The number of aryl methyl sites for hydroxylation is 1. The van der Waals surface area contributed by atoms with Crippen LogP contribution in [0.25, 0.3) is 0 Å². The lowest BCUT2D eigenvalue weighted by Gasteiger charge is -2.41. The number of carbonyl (C=O) groups is 2. The van der Waals surface area contributed by atoms with Crippen LogP contribution in [0.15, 0.2) is 12.3 Å². The maximum Gasteiger partial charge on any atom is 0.257 e. The molecular formula is C15H20N4O2. The van der Waals surface area contributed by atoms with Gasteiger partial charge in [-0.25, -0.2) is 0 Å². The lowest BCUT2D eigenvalue weighted by atomic mass is 9.85. The average Bonchev–Trinajstić information content (AvgIpc) is 2.46. The molecule has 0 aliphatic carbocycles. The fourth-order valence-electron chi connectivity index (χ4n) is 3.22. The van der Waals surface area contributed by atoms with Gasteiger partial charge in [-0.2, -0.15) is 0 Å². The lowest BCUT2D eigenvalue weighted by molar-refractivity contribution is -0.125. The van der Waals surface area contributed by atoms with E-state index in [0.29, 0.717) is 36.7 Å². The van der Waals surface area contributed by atoms with Gasteiger partial charge in [0.1, 0.15) is 0 Å². The van der Waals surface area contributed by atoms with E-state index in [2.05, 4.69) is 10.3 Å². The number of anilines is 1. The van der Waals surface area contributed by atoms with Crippen LogP contribution >= 0.6 is 0 Å². The van der Waals surface area contributed by atoms with E-state index in [9.17, 15) is 9.59 Å². The van der Waals surface area contributed by atoms with Crippen molar-refractivity contribution in [3.8, 4) is 0 Å². The molecule has 21 heavy (non-hydrogen) atoms. The number of hydrogen-bond acceptors (Lipinski definition) is 4. The zero-order chi connectivity index (χ0) is 15.0. The normalized spacial score (nSPS) is 25.2. The second-order valence-corrected chi connectivity index (χ2v) is 5.93. The largest absolute Gasteiger partial charge is 0.398 e. The summed E-state index contributed by atoms with van der Waals surface area (Å²) < 4.78 is 0. The monoisotopic (exact) mass is 288 g/mol. The molecule has 1 aromatic rings. The van der Waals surface area contributed by atoms with Crippen molar-refractivity contribution in [2.75, 3.05) is 18.8 Å². The summed E-state index contributed by atoms with van der Waals surface area (Å²) in [6, 6.07) is 1.93. The van der Waals surface area contributed by atoms with Crippen molar-refractivity contribution in [2.45, 2.75) is 32.2 Å². The van der Waals surface area contributed by atoms with E-state index in [1.54, 1.807) is 12.3 Å². The minimum absolute atomic E-state index is 0.0599. The van der Waals surface area contributed by atoms with Gasteiger partial charge in [-0.05, 0) is 31.7 Å². The van der Waals surface area contributed by atoms with Gasteiger partial charge < -0.3 is 16.0 Å². The molecule has 2 aliphatic heterocycles. The summed E-state index contributed by atoms with van der Waals surface area (Å²) in [7, 11) is 0. The first-order valence-corrected chi connectivity index (χ1v) is 7.35. The minimum atomic E-state index is -0.0599. The molecule has 3 rings (SSSR count). The molecule has 6 nitrogen and oxygen atoms in total. The Morgan fingerprint density at radius 1 is 1.48 bits per heavy atom. The Balaban J connectivity index is 1.73. The van der Waals surface area contributed by atoms with Crippen LogP contribution in [0.1, 0.15) is 35.3 Å². The highest BCUT2D eigenvalue weighted by Crippen LogP contribution is 2.27. The molecule has 0 bridgehead atoms. The summed E-state index contributed by atoms with van der Waals surface area (Å²) in [5.74, 6) is 0.415. The fraction of sp³-hybridized carbons (Fsp3) is 0.533. The van der Waals surface area contributed by atoms with Crippen molar-refractivity contribution in [3.63, 3.8) is 0 Å². The molecule has 3 heterocycles. The Hall–Kier alpha value is -2.11. The predicted molar refractivity (Wildman–Crippen MR) is 78.6 cm³/mol. The number of fused-ring (bicyclic) bond motifs is 1. The van der Waals surface area contributed by atoms with E-state index < -0.39 is 0 Å². The highest BCUT2D eigenvalue weighted by atomic mass is 16.2. The zero-order valence-electron chi connectivity index (χ0n) is 12.1. The number of pyridine rings is 1. The van der Waals surface area contributed by atoms with E-state index in [1.807, 2.05) is 11.8 Å².